The molecule has 1 rings (SSSR count). The molecular formula is C11H23N. The average molecular weight is 169 g/mol. The van der Waals surface area contributed by atoms with Gasteiger partial charge in [-0.1, -0.05) is 41.0 Å². The van der Waals surface area contributed by atoms with E-state index < -0.39 is 0 Å². The number of hydrogen-bond acceptors (Lipinski definition) is 1. The van der Waals surface area contributed by atoms with Crippen molar-refractivity contribution in [3.63, 3.8) is 0 Å². The van der Waals surface area contributed by atoms with Crippen LogP contribution in [0.3, 0.4) is 0 Å². The molecule has 1 nitrogen and oxygen atoms in total. The summed E-state index contributed by atoms with van der Waals surface area (Å²) in [5.74, 6) is 1.59. The third-order valence-electron chi connectivity index (χ3n) is 4.06. The van der Waals surface area contributed by atoms with Crippen LogP contribution < -0.4 is 5.73 Å². The molecule has 72 valence electrons. The van der Waals surface area contributed by atoms with E-state index in [9.17, 15) is 0 Å². The van der Waals surface area contributed by atoms with Crippen LogP contribution in [0, 0.1) is 22.7 Å². The highest BCUT2D eigenvalue weighted by molar-refractivity contribution is 5.10. The molecule has 0 aromatic heterocycles. The maximum atomic E-state index is 5.75. The summed E-state index contributed by atoms with van der Waals surface area (Å²) in [6.45, 7) is 12.6. The van der Waals surface area contributed by atoms with E-state index in [0.29, 0.717) is 10.8 Å². The highest BCUT2D eigenvalue weighted by atomic mass is 14.7. The molecule has 0 radical (unpaired) electrons. The number of rotatable bonds is 3. The molecule has 1 aliphatic carbocycles. The molecule has 0 aromatic rings. The quantitative estimate of drug-likeness (QED) is 0.690. The first kappa shape index (κ1) is 10.0. The molecule has 0 saturated heterocycles. The van der Waals surface area contributed by atoms with Crippen molar-refractivity contribution in [3.8, 4) is 0 Å². The third-order valence-corrected chi connectivity index (χ3v) is 4.06. The van der Waals surface area contributed by atoms with Gasteiger partial charge in [0.15, 0.2) is 0 Å². The molecule has 0 amide bonds. The Kier molecular flexibility index (Phi) is 2.28. The van der Waals surface area contributed by atoms with Crippen molar-refractivity contribution in [1.82, 2.24) is 0 Å². The van der Waals surface area contributed by atoms with Crippen molar-refractivity contribution >= 4 is 0 Å². The standard InChI is InChI=1S/C11H23N/c1-6-10(2,3)9-8(7-12)11(9,4)5/h8-9H,6-7,12H2,1-5H3. The van der Waals surface area contributed by atoms with E-state index in [2.05, 4.69) is 34.6 Å². The van der Waals surface area contributed by atoms with E-state index in [1.165, 1.54) is 6.42 Å². The van der Waals surface area contributed by atoms with Gasteiger partial charge in [0.05, 0.1) is 0 Å². The molecule has 12 heavy (non-hydrogen) atoms. The number of hydrogen-bond donors (Lipinski definition) is 1. The third kappa shape index (κ3) is 1.28. The van der Waals surface area contributed by atoms with E-state index >= 15 is 0 Å². The predicted molar refractivity (Wildman–Crippen MR) is 53.9 cm³/mol. The fourth-order valence-electron chi connectivity index (χ4n) is 2.96. The molecule has 0 aliphatic heterocycles. The van der Waals surface area contributed by atoms with Crippen LogP contribution in [0.2, 0.25) is 0 Å². The van der Waals surface area contributed by atoms with Crippen LogP contribution in [-0.4, -0.2) is 6.54 Å². The number of nitrogens with two attached hydrogens (primary N) is 1. The maximum absolute atomic E-state index is 5.75. The molecule has 0 bridgehead atoms. The zero-order valence-electron chi connectivity index (χ0n) is 9.15. The summed E-state index contributed by atoms with van der Waals surface area (Å²) >= 11 is 0. The van der Waals surface area contributed by atoms with Gasteiger partial charge >= 0.3 is 0 Å². The minimum absolute atomic E-state index is 0.480. The fourth-order valence-corrected chi connectivity index (χ4v) is 2.96. The molecule has 0 heterocycles. The van der Waals surface area contributed by atoms with E-state index in [4.69, 9.17) is 5.73 Å². The van der Waals surface area contributed by atoms with E-state index in [1.807, 2.05) is 0 Å². The van der Waals surface area contributed by atoms with E-state index in [-0.39, 0.29) is 0 Å². The average Bonchev–Trinajstić information content (AvgIpc) is 2.53. The van der Waals surface area contributed by atoms with Crippen molar-refractivity contribution < 1.29 is 0 Å². The van der Waals surface area contributed by atoms with Crippen LogP contribution in [0.5, 0.6) is 0 Å². The Hall–Kier alpha value is -0.0400. The Morgan fingerprint density at radius 1 is 1.33 bits per heavy atom. The fraction of sp³-hybridized carbons (Fsp3) is 1.00. The summed E-state index contributed by atoms with van der Waals surface area (Å²) in [7, 11) is 0. The summed E-state index contributed by atoms with van der Waals surface area (Å²) in [5, 5.41) is 0. The first-order valence-corrected chi connectivity index (χ1v) is 5.08. The van der Waals surface area contributed by atoms with Crippen molar-refractivity contribution in [2.45, 2.75) is 41.0 Å². The van der Waals surface area contributed by atoms with Crippen molar-refractivity contribution in [1.29, 1.82) is 0 Å². The molecule has 2 atom stereocenters. The van der Waals surface area contributed by atoms with Gasteiger partial charge in [-0.05, 0) is 29.2 Å². The van der Waals surface area contributed by atoms with Crippen LogP contribution >= 0.6 is 0 Å². The van der Waals surface area contributed by atoms with Crippen molar-refractivity contribution in [2.75, 3.05) is 6.54 Å². The normalized spacial score (nSPS) is 33.5. The molecule has 1 fully saturated rings. The first-order valence-electron chi connectivity index (χ1n) is 5.08. The molecule has 0 spiro atoms. The Labute approximate surface area is 76.7 Å². The lowest BCUT2D eigenvalue weighted by Crippen LogP contribution is -2.17. The maximum Gasteiger partial charge on any atom is -0.00406 e. The lowest BCUT2D eigenvalue weighted by Gasteiger charge is -2.24. The first-order chi connectivity index (χ1) is 5.38. The van der Waals surface area contributed by atoms with E-state index in [0.717, 1.165) is 18.4 Å². The van der Waals surface area contributed by atoms with Crippen LogP contribution in [0.15, 0.2) is 0 Å². The van der Waals surface area contributed by atoms with E-state index in [1.54, 1.807) is 0 Å². The van der Waals surface area contributed by atoms with Gasteiger partial charge in [-0.15, -0.1) is 0 Å². The Morgan fingerprint density at radius 2 is 1.83 bits per heavy atom. The highest BCUT2D eigenvalue weighted by Gasteiger charge is 2.61. The molecule has 1 saturated carbocycles. The van der Waals surface area contributed by atoms with Gasteiger partial charge in [0.25, 0.3) is 0 Å². The Balaban J connectivity index is 2.69. The van der Waals surface area contributed by atoms with Crippen LogP contribution in [0.4, 0.5) is 0 Å². The van der Waals surface area contributed by atoms with Gasteiger partial charge in [0.1, 0.15) is 0 Å². The molecular weight excluding hydrogens is 146 g/mol. The summed E-state index contributed by atoms with van der Waals surface area (Å²) < 4.78 is 0. The van der Waals surface area contributed by atoms with Crippen LogP contribution in [0.25, 0.3) is 0 Å². The minimum Gasteiger partial charge on any atom is -0.330 e. The predicted octanol–water partition coefficient (Wildman–Crippen LogP) is 2.65. The Morgan fingerprint density at radius 3 is 2.08 bits per heavy atom. The van der Waals surface area contributed by atoms with Gasteiger partial charge in [0, 0.05) is 0 Å². The topological polar surface area (TPSA) is 26.0 Å². The summed E-state index contributed by atoms with van der Waals surface area (Å²) in [6, 6.07) is 0. The summed E-state index contributed by atoms with van der Waals surface area (Å²) in [5.41, 5.74) is 6.73. The van der Waals surface area contributed by atoms with Gasteiger partial charge in [-0.25, -0.2) is 0 Å². The van der Waals surface area contributed by atoms with Gasteiger partial charge in [-0.2, -0.15) is 0 Å². The van der Waals surface area contributed by atoms with Gasteiger partial charge in [0.2, 0.25) is 0 Å². The second-order valence-corrected chi connectivity index (χ2v) is 5.48. The summed E-state index contributed by atoms with van der Waals surface area (Å²) in [6.07, 6.45) is 1.26. The minimum atomic E-state index is 0.480. The SMILES string of the molecule is CCC(C)(C)C1C(CN)C1(C)C. The Bertz CT molecular complexity index is 170. The zero-order valence-corrected chi connectivity index (χ0v) is 9.15. The smallest absolute Gasteiger partial charge is 0.00406 e. The zero-order chi connectivity index (χ0) is 9.57. The molecule has 1 heteroatoms. The molecule has 2 unspecified atom stereocenters. The lowest BCUT2D eigenvalue weighted by atomic mass is 9.81. The largest absolute Gasteiger partial charge is 0.330 e. The highest BCUT2D eigenvalue weighted by Crippen LogP contribution is 2.65. The second kappa shape index (κ2) is 2.73. The lowest BCUT2D eigenvalue weighted by molar-refractivity contribution is 0.253. The van der Waals surface area contributed by atoms with Crippen LogP contribution in [0.1, 0.15) is 41.0 Å². The van der Waals surface area contributed by atoms with Gasteiger partial charge in [-0.3, -0.25) is 0 Å². The molecule has 0 aromatic carbocycles. The molecule has 1 aliphatic rings. The molecule has 2 N–H and O–H groups in total. The van der Waals surface area contributed by atoms with Gasteiger partial charge < -0.3 is 5.73 Å². The van der Waals surface area contributed by atoms with Crippen LogP contribution in [-0.2, 0) is 0 Å². The second-order valence-electron chi connectivity index (χ2n) is 5.48. The van der Waals surface area contributed by atoms with Crippen molar-refractivity contribution in [3.05, 3.63) is 0 Å². The van der Waals surface area contributed by atoms with Crippen molar-refractivity contribution in [2.24, 2.45) is 28.4 Å². The monoisotopic (exact) mass is 169 g/mol. The summed E-state index contributed by atoms with van der Waals surface area (Å²) in [4.78, 5) is 0.